The molecule has 0 fully saturated rings. The lowest BCUT2D eigenvalue weighted by atomic mass is 10.0. The molecule has 0 spiro atoms. The minimum Gasteiger partial charge on any atom is -0.314 e. The average Bonchev–Trinajstić information content (AvgIpc) is 2.31. The summed E-state index contributed by atoms with van der Waals surface area (Å²) in [6.45, 7) is 9.47. The van der Waals surface area contributed by atoms with Crippen molar-refractivity contribution in [1.29, 1.82) is 0 Å². The molecule has 0 rings (SSSR count). The van der Waals surface area contributed by atoms with Gasteiger partial charge in [-0.05, 0) is 38.6 Å². The molecule has 0 amide bonds. The summed E-state index contributed by atoms with van der Waals surface area (Å²) >= 11 is 0. The summed E-state index contributed by atoms with van der Waals surface area (Å²) in [6.07, 6.45) is 13.9. The molecule has 0 aliphatic heterocycles. The SMILES string of the molecule is C=CCCCC(CCCCCC)NCCC. The maximum Gasteiger partial charge on any atom is 0.00671 e. The van der Waals surface area contributed by atoms with Crippen LogP contribution < -0.4 is 5.32 Å². The fourth-order valence-electron chi connectivity index (χ4n) is 2.02. The maximum absolute atomic E-state index is 3.79. The van der Waals surface area contributed by atoms with Crippen molar-refractivity contribution in [1.82, 2.24) is 5.32 Å². The molecular weight excluding hydrogens is 194 g/mol. The molecule has 0 aromatic carbocycles. The van der Waals surface area contributed by atoms with Crippen molar-refractivity contribution in [3.8, 4) is 0 Å². The molecule has 0 bridgehead atoms. The van der Waals surface area contributed by atoms with Crippen molar-refractivity contribution in [2.45, 2.75) is 77.7 Å². The van der Waals surface area contributed by atoms with E-state index in [2.05, 4.69) is 25.7 Å². The molecule has 0 saturated carbocycles. The van der Waals surface area contributed by atoms with E-state index in [4.69, 9.17) is 0 Å². The van der Waals surface area contributed by atoms with E-state index < -0.39 is 0 Å². The maximum atomic E-state index is 3.79. The van der Waals surface area contributed by atoms with Gasteiger partial charge < -0.3 is 5.32 Å². The van der Waals surface area contributed by atoms with E-state index in [1.165, 1.54) is 64.3 Å². The van der Waals surface area contributed by atoms with Crippen LogP contribution in [0.2, 0.25) is 0 Å². The van der Waals surface area contributed by atoms with Gasteiger partial charge in [0, 0.05) is 6.04 Å². The second-order valence-corrected chi connectivity index (χ2v) is 4.72. The number of rotatable bonds is 12. The Labute approximate surface area is 103 Å². The third kappa shape index (κ3) is 10.2. The topological polar surface area (TPSA) is 12.0 Å². The third-order valence-corrected chi connectivity index (χ3v) is 3.05. The minimum absolute atomic E-state index is 0.747. The van der Waals surface area contributed by atoms with E-state index in [1.54, 1.807) is 0 Å². The minimum atomic E-state index is 0.747. The van der Waals surface area contributed by atoms with E-state index in [0.717, 1.165) is 6.04 Å². The van der Waals surface area contributed by atoms with Crippen LogP contribution in [0.4, 0.5) is 0 Å². The summed E-state index contributed by atoms with van der Waals surface area (Å²) in [5.74, 6) is 0. The summed E-state index contributed by atoms with van der Waals surface area (Å²) in [7, 11) is 0. The van der Waals surface area contributed by atoms with Gasteiger partial charge in [-0.15, -0.1) is 6.58 Å². The van der Waals surface area contributed by atoms with Crippen LogP contribution in [0.1, 0.15) is 71.6 Å². The van der Waals surface area contributed by atoms with E-state index in [1.807, 2.05) is 6.08 Å². The lowest BCUT2D eigenvalue weighted by Crippen LogP contribution is -2.29. The Morgan fingerprint density at radius 2 is 1.75 bits per heavy atom. The molecule has 0 heterocycles. The molecular formula is C15H31N. The Morgan fingerprint density at radius 3 is 2.38 bits per heavy atom. The lowest BCUT2D eigenvalue weighted by Gasteiger charge is -2.18. The Hall–Kier alpha value is -0.300. The number of hydrogen-bond donors (Lipinski definition) is 1. The highest BCUT2D eigenvalue weighted by Crippen LogP contribution is 2.11. The van der Waals surface area contributed by atoms with Crippen LogP contribution in [-0.2, 0) is 0 Å². The van der Waals surface area contributed by atoms with Crippen LogP contribution in [0.15, 0.2) is 12.7 Å². The van der Waals surface area contributed by atoms with Gasteiger partial charge in [0.25, 0.3) is 0 Å². The van der Waals surface area contributed by atoms with E-state index in [-0.39, 0.29) is 0 Å². The number of hydrogen-bond acceptors (Lipinski definition) is 1. The van der Waals surface area contributed by atoms with Gasteiger partial charge in [-0.3, -0.25) is 0 Å². The predicted octanol–water partition coefficient (Wildman–Crippen LogP) is 4.68. The number of allylic oxidation sites excluding steroid dienone is 1. The van der Waals surface area contributed by atoms with Crippen molar-refractivity contribution in [3.05, 3.63) is 12.7 Å². The molecule has 1 unspecified atom stereocenters. The zero-order valence-corrected chi connectivity index (χ0v) is 11.4. The Kier molecular flexibility index (Phi) is 12.5. The van der Waals surface area contributed by atoms with Gasteiger partial charge in [0.1, 0.15) is 0 Å². The first kappa shape index (κ1) is 15.7. The molecule has 16 heavy (non-hydrogen) atoms. The van der Waals surface area contributed by atoms with Gasteiger partial charge in [0.05, 0.1) is 0 Å². The Bertz CT molecular complexity index is 142. The standard InChI is InChI=1S/C15H31N/c1-4-7-9-11-13-15(16-14-6-3)12-10-8-5-2/h5,15-16H,2,4,6-14H2,1,3H3. The zero-order chi connectivity index (χ0) is 12.1. The van der Waals surface area contributed by atoms with Crippen molar-refractivity contribution in [2.24, 2.45) is 0 Å². The highest BCUT2D eigenvalue weighted by molar-refractivity contribution is 4.71. The van der Waals surface area contributed by atoms with Crippen LogP contribution in [0.25, 0.3) is 0 Å². The first-order chi connectivity index (χ1) is 7.85. The smallest absolute Gasteiger partial charge is 0.00671 e. The van der Waals surface area contributed by atoms with Crippen molar-refractivity contribution < 1.29 is 0 Å². The summed E-state index contributed by atoms with van der Waals surface area (Å²) in [4.78, 5) is 0. The second kappa shape index (κ2) is 12.8. The summed E-state index contributed by atoms with van der Waals surface area (Å²) < 4.78 is 0. The lowest BCUT2D eigenvalue weighted by molar-refractivity contribution is 0.424. The van der Waals surface area contributed by atoms with Crippen LogP contribution in [-0.4, -0.2) is 12.6 Å². The largest absolute Gasteiger partial charge is 0.314 e. The molecule has 0 saturated heterocycles. The first-order valence-electron chi connectivity index (χ1n) is 7.19. The molecule has 0 aliphatic rings. The van der Waals surface area contributed by atoms with Crippen LogP contribution in [0, 0.1) is 0 Å². The molecule has 96 valence electrons. The number of unbranched alkanes of at least 4 members (excludes halogenated alkanes) is 4. The molecule has 1 heteroatoms. The molecule has 0 radical (unpaired) electrons. The van der Waals surface area contributed by atoms with Crippen molar-refractivity contribution >= 4 is 0 Å². The average molecular weight is 225 g/mol. The molecule has 1 atom stereocenters. The summed E-state index contributed by atoms with van der Waals surface area (Å²) in [6, 6.07) is 0.747. The fourth-order valence-corrected chi connectivity index (χ4v) is 2.02. The van der Waals surface area contributed by atoms with Gasteiger partial charge in [-0.1, -0.05) is 45.6 Å². The highest BCUT2D eigenvalue weighted by Gasteiger charge is 2.06. The summed E-state index contributed by atoms with van der Waals surface area (Å²) in [5.41, 5.74) is 0. The Balaban J connectivity index is 3.58. The van der Waals surface area contributed by atoms with Crippen molar-refractivity contribution in [2.75, 3.05) is 6.54 Å². The highest BCUT2D eigenvalue weighted by atomic mass is 14.9. The van der Waals surface area contributed by atoms with Crippen LogP contribution >= 0.6 is 0 Å². The Morgan fingerprint density at radius 1 is 1.00 bits per heavy atom. The predicted molar refractivity (Wildman–Crippen MR) is 74.9 cm³/mol. The summed E-state index contributed by atoms with van der Waals surface area (Å²) in [5, 5.41) is 3.67. The molecule has 0 aliphatic carbocycles. The zero-order valence-electron chi connectivity index (χ0n) is 11.4. The quantitative estimate of drug-likeness (QED) is 0.375. The van der Waals surface area contributed by atoms with Gasteiger partial charge in [-0.25, -0.2) is 0 Å². The van der Waals surface area contributed by atoms with Gasteiger partial charge in [-0.2, -0.15) is 0 Å². The normalized spacial score (nSPS) is 12.6. The van der Waals surface area contributed by atoms with Gasteiger partial charge in [0.15, 0.2) is 0 Å². The molecule has 0 aromatic heterocycles. The van der Waals surface area contributed by atoms with E-state index in [9.17, 15) is 0 Å². The molecule has 1 N–H and O–H groups in total. The first-order valence-corrected chi connectivity index (χ1v) is 7.19. The van der Waals surface area contributed by atoms with Crippen molar-refractivity contribution in [3.63, 3.8) is 0 Å². The van der Waals surface area contributed by atoms with Gasteiger partial charge >= 0.3 is 0 Å². The monoisotopic (exact) mass is 225 g/mol. The molecule has 0 aromatic rings. The van der Waals surface area contributed by atoms with E-state index >= 15 is 0 Å². The second-order valence-electron chi connectivity index (χ2n) is 4.72. The fraction of sp³-hybridized carbons (Fsp3) is 0.867. The van der Waals surface area contributed by atoms with Crippen LogP contribution in [0.5, 0.6) is 0 Å². The van der Waals surface area contributed by atoms with Crippen LogP contribution in [0.3, 0.4) is 0 Å². The third-order valence-electron chi connectivity index (χ3n) is 3.05. The van der Waals surface area contributed by atoms with Gasteiger partial charge in [0.2, 0.25) is 0 Å². The molecule has 1 nitrogen and oxygen atoms in total. The van der Waals surface area contributed by atoms with E-state index in [0.29, 0.717) is 0 Å². The number of nitrogens with one attached hydrogen (secondary N) is 1.